The van der Waals surface area contributed by atoms with Gasteiger partial charge in [0.2, 0.25) is 0 Å². The first-order valence-electron chi connectivity index (χ1n) is 8.53. The molecule has 1 aliphatic rings. The minimum absolute atomic E-state index is 0.0524. The molecule has 11 heteroatoms. The van der Waals surface area contributed by atoms with Crippen molar-refractivity contribution in [3.8, 4) is 5.82 Å². The largest absolute Gasteiger partial charge is 0.417 e. The van der Waals surface area contributed by atoms with Crippen molar-refractivity contribution < 1.29 is 22.6 Å². The Labute approximate surface area is 163 Å². The molecular weight excluding hydrogens is 401 g/mol. The van der Waals surface area contributed by atoms with Gasteiger partial charge in [0.25, 0.3) is 5.56 Å². The molecule has 1 saturated heterocycles. The van der Waals surface area contributed by atoms with Gasteiger partial charge in [-0.2, -0.15) is 23.0 Å². The molecule has 0 saturated carbocycles. The Bertz CT molecular complexity index is 867. The molecule has 1 N–H and O–H groups in total. The van der Waals surface area contributed by atoms with Crippen LogP contribution in [0, 0.1) is 0 Å². The molecule has 0 spiro atoms. The molecule has 2 unspecified atom stereocenters. The van der Waals surface area contributed by atoms with Crippen molar-refractivity contribution >= 4 is 17.3 Å². The Morgan fingerprint density at radius 1 is 1.43 bits per heavy atom. The molecule has 0 radical (unpaired) electrons. The quantitative estimate of drug-likeness (QED) is 0.777. The Kier molecular flexibility index (Phi) is 6.21. The van der Waals surface area contributed by atoms with E-state index in [1.165, 1.54) is 6.20 Å². The Balaban J connectivity index is 1.71. The molecule has 0 aliphatic carbocycles. The fraction of sp³-hybridized carbons (Fsp3) is 0.471. The van der Waals surface area contributed by atoms with Crippen molar-refractivity contribution in [3.63, 3.8) is 0 Å². The maximum atomic E-state index is 12.6. The van der Waals surface area contributed by atoms with E-state index in [0.717, 1.165) is 23.2 Å². The number of hydrogen-bond donors (Lipinski definition) is 1. The highest BCUT2D eigenvalue weighted by Crippen LogP contribution is 2.28. The van der Waals surface area contributed by atoms with Crippen LogP contribution in [0.2, 0.25) is 5.02 Å². The van der Waals surface area contributed by atoms with E-state index in [1.807, 2.05) is 6.92 Å². The van der Waals surface area contributed by atoms with Gasteiger partial charge in [0, 0.05) is 18.8 Å². The van der Waals surface area contributed by atoms with Crippen molar-refractivity contribution in [2.75, 3.05) is 25.1 Å². The highest BCUT2D eigenvalue weighted by atomic mass is 35.5. The van der Waals surface area contributed by atoms with Crippen LogP contribution in [0.5, 0.6) is 0 Å². The Morgan fingerprint density at radius 3 is 2.82 bits per heavy atom. The van der Waals surface area contributed by atoms with Gasteiger partial charge >= 0.3 is 6.18 Å². The molecular formula is C17H18ClF3N4O3. The minimum Gasteiger partial charge on any atom is -0.379 e. The van der Waals surface area contributed by atoms with Crippen molar-refractivity contribution in [1.82, 2.24) is 14.8 Å². The third-order valence-electron chi connectivity index (χ3n) is 4.08. The second kappa shape index (κ2) is 8.46. The molecule has 7 nitrogen and oxygen atoms in total. The van der Waals surface area contributed by atoms with E-state index >= 15 is 0 Å². The zero-order valence-corrected chi connectivity index (χ0v) is 15.6. The van der Waals surface area contributed by atoms with Gasteiger partial charge in [-0.15, -0.1) is 0 Å². The lowest BCUT2D eigenvalue weighted by Crippen LogP contribution is -2.28. The van der Waals surface area contributed by atoms with E-state index in [1.54, 1.807) is 0 Å². The molecule has 2 atom stereocenters. The van der Waals surface area contributed by atoms with Gasteiger partial charge in [-0.05, 0) is 25.5 Å². The number of pyridine rings is 1. The lowest BCUT2D eigenvalue weighted by molar-refractivity contribution is -0.137. The summed E-state index contributed by atoms with van der Waals surface area (Å²) < 4.78 is 49.7. The summed E-state index contributed by atoms with van der Waals surface area (Å²) in [6, 6.07) is 1.73. The van der Waals surface area contributed by atoms with E-state index in [-0.39, 0.29) is 23.0 Å². The predicted molar refractivity (Wildman–Crippen MR) is 95.9 cm³/mol. The van der Waals surface area contributed by atoms with Crippen LogP contribution in [-0.2, 0) is 15.7 Å². The first-order valence-corrected chi connectivity index (χ1v) is 8.91. The van der Waals surface area contributed by atoms with E-state index in [9.17, 15) is 18.0 Å². The van der Waals surface area contributed by atoms with Gasteiger partial charge in [0.05, 0.1) is 36.8 Å². The first kappa shape index (κ1) is 20.6. The lowest BCUT2D eigenvalue weighted by atomic mass is 10.3. The van der Waals surface area contributed by atoms with Crippen molar-refractivity contribution in [1.29, 1.82) is 0 Å². The normalized spacial score (nSPS) is 18.2. The Morgan fingerprint density at radius 2 is 2.21 bits per heavy atom. The van der Waals surface area contributed by atoms with Crippen LogP contribution in [0.15, 0.2) is 29.3 Å². The fourth-order valence-corrected chi connectivity index (χ4v) is 2.79. The summed E-state index contributed by atoms with van der Waals surface area (Å²) in [5, 5.41) is 6.84. The molecule has 3 rings (SSSR count). The monoisotopic (exact) mass is 418 g/mol. The smallest absolute Gasteiger partial charge is 0.379 e. The molecule has 1 aliphatic heterocycles. The molecule has 3 heterocycles. The summed E-state index contributed by atoms with van der Waals surface area (Å²) >= 11 is 6.12. The number of nitrogens with one attached hydrogen (secondary N) is 1. The SMILES string of the molecule is CC(COC1CCOC1)Nc1cnn(-c2ccc(C(F)(F)F)cn2)c(=O)c1Cl. The number of hydrogen-bond acceptors (Lipinski definition) is 6. The predicted octanol–water partition coefficient (Wildman–Crippen LogP) is 2.91. The topological polar surface area (TPSA) is 78.3 Å². The van der Waals surface area contributed by atoms with E-state index in [4.69, 9.17) is 21.1 Å². The van der Waals surface area contributed by atoms with Crippen LogP contribution in [-0.4, -0.2) is 46.7 Å². The third-order valence-corrected chi connectivity index (χ3v) is 4.45. The molecule has 1 fully saturated rings. The van der Waals surface area contributed by atoms with Gasteiger partial charge in [-0.1, -0.05) is 11.6 Å². The first-order chi connectivity index (χ1) is 13.3. The molecule has 0 bridgehead atoms. The van der Waals surface area contributed by atoms with E-state index in [2.05, 4.69) is 15.4 Å². The highest BCUT2D eigenvalue weighted by Gasteiger charge is 2.30. The van der Waals surface area contributed by atoms with Gasteiger partial charge in [0.15, 0.2) is 5.82 Å². The summed E-state index contributed by atoms with van der Waals surface area (Å²) in [6.45, 7) is 3.48. The van der Waals surface area contributed by atoms with Crippen molar-refractivity contribution in [2.24, 2.45) is 0 Å². The van der Waals surface area contributed by atoms with Gasteiger partial charge < -0.3 is 14.8 Å². The number of aromatic nitrogens is 3. The summed E-state index contributed by atoms with van der Waals surface area (Å²) in [7, 11) is 0. The number of nitrogens with zero attached hydrogens (tertiary/aromatic N) is 3. The third kappa shape index (κ3) is 4.81. The maximum absolute atomic E-state index is 12.6. The van der Waals surface area contributed by atoms with Crippen LogP contribution in [0.3, 0.4) is 0 Å². The second-order valence-electron chi connectivity index (χ2n) is 6.36. The number of rotatable bonds is 6. The van der Waals surface area contributed by atoms with Gasteiger partial charge in [-0.3, -0.25) is 4.79 Å². The minimum atomic E-state index is -4.52. The molecule has 2 aromatic rings. The summed E-state index contributed by atoms with van der Waals surface area (Å²) in [5.41, 5.74) is -1.32. The van der Waals surface area contributed by atoms with Gasteiger partial charge in [-0.25, -0.2) is 4.98 Å². The molecule has 0 amide bonds. The molecule has 0 aromatic carbocycles. The highest BCUT2D eigenvalue weighted by molar-refractivity contribution is 6.32. The number of halogens is 4. The molecule has 2 aromatic heterocycles. The molecule has 152 valence electrons. The summed E-state index contributed by atoms with van der Waals surface area (Å²) in [6.07, 6.45) is -1.67. The number of anilines is 1. The van der Waals surface area contributed by atoms with Crippen molar-refractivity contribution in [2.45, 2.75) is 31.7 Å². The number of alkyl halides is 3. The average Bonchev–Trinajstić information content (AvgIpc) is 3.17. The lowest BCUT2D eigenvalue weighted by Gasteiger charge is -2.18. The second-order valence-corrected chi connectivity index (χ2v) is 6.73. The zero-order chi connectivity index (χ0) is 20.3. The summed E-state index contributed by atoms with van der Waals surface area (Å²) in [4.78, 5) is 16.1. The van der Waals surface area contributed by atoms with Gasteiger partial charge in [0.1, 0.15) is 5.02 Å². The maximum Gasteiger partial charge on any atom is 0.417 e. The fourth-order valence-electron chi connectivity index (χ4n) is 2.61. The van der Waals surface area contributed by atoms with Crippen LogP contribution in [0.4, 0.5) is 18.9 Å². The number of ether oxygens (including phenoxy) is 2. The standard InChI is InChI=1S/C17H18ClF3N4O3/c1-10(8-28-12-4-5-27-9-12)24-13-7-23-25(16(26)15(13)18)14-3-2-11(6-22-14)17(19,20)21/h2-3,6-7,10,12,24H,4-5,8-9H2,1H3. The van der Waals surface area contributed by atoms with E-state index in [0.29, 0.717) is 31.7 Å². The van der Waals surface area contributed by atoms with Crippen LogP contribution < -0.4 is 10.9 Å². The van der Waals surface area contributed by atoms with E-state index < -0.39 is 17.3 Å². The Hall–Kier alpha value is -2.17. The van der Waals surface area contributed by atoms with Crippen LogP contribution in [0.1, 0.15) is 18.9 Å². The van der Waals surface area contributed by atoms with Crippen molar-refractivity contribution in [3.05, 3.63) is 45.5 Å². The molecule has 28 heavy (non-hydrogen) atoms. The zero-order valence-electron chi connectivity index (χ0n) is 14.9. The summed E-state index contributed by atoms with van der Waals surface area (Å²) in [5.74, 6) is -0.0657. The van der Waals surface area contributed by atoms with Crippen LogP contribution >= 0.6 is 11.6 Å². The average molecular weight is 419 g/mol. The van der Waals surface area contributed by atoms with Crippen LogP contribution in [0.25, 0.3) is 5.82 Å².